The number of carbonyl (C=O) groups is 2. The van der Waals surface area contributed by atoms with Crippen molar-refractivity contribution in [1.82, 2.24) is 4.90 Å². The fourth-order valence-corrected chi connectivity index (χ4v) is 1.97. The number of hydrogen-bond acceptors (Lipinski definition) is 2. The van der Waals surface area contributed by atoms with E-state index in [1.54, 1.807) is 11.8 Å². The number of carboxylic acids is 1. The maximum absolute atomic E-state index is 12.7. The first kappa shape index (κ1) is 12.5. The lowest BCUT2D eigenvalue weighted by Crippen LogP contribution is -2.53. The molecule has 1 aromatic rings. The Hall–Kier alpha value is -1.91. The molecule has 0 aromatic heterocycles. The van der Waals surface area contributed by atoms with Gasteiger partial charge in [0.05, 0.1) is 5.92 Å². The van der Waals surface area contributed by atoms with Crippen LogP contribution in [0.25, 0.3) is 0 Å². The number of halogens is 1. The summed E-state index contributed by atoms with van der Waals surface area (Å²) in [6, 6.07) is 5.35. The largest absolute Gasteiger partial charge is 0.481 e. The Labute approximate surface area is 104 Å². The topological polar surface area (TPSA) is 57.6 Å². The predicted molar refractivity (Wildman–Crippen MR) is 62.6 cm³/mol. The van der Waals surface area contributed by atoms with Gasteiger partial charge in [-0.1, -0.05) is 6.92 Å². The van der Waals surface area contributed by atoms with Gasteiger partial charge in [0.2, 0.25) is 0 Å². The molecule has 1 fully saturated rings. The maximum atomic E-state index is 12.7. The molecule has 0 spiro atoms. The fraction of sp³-hybridized carbons (Fsp3) is 0.385. The third kappa shape index (κ3) is 2.34. The summed E-state index contributed by atoms with van der Waals surface area (Å²) in [5.74, 6) is -1.83. The Balaban J connectivity index is 1.94. The zero-order valence-electron chi connectivity index (χ0n) is 9.97. The predicted octanol–water partition coefficient (Wildman–Crippen LogP) is 1.62. The van der Waals surface area contributed by atoms with Gasteiger partial charge in [0.25, 0.3) is 5.91 Å². The number of carboxylic acid groups (broad SMARTS) is 1. The lowest BCUT2D eigenvalue weighted by Gasteiger charge is -2.41. The van der Waals surface area contributed by atoms with E-state index in [1.165, 1.54) is 24.3 Å². The van der Waals surface area contributed by atoms with Crippen molar-refractivity contribution in [2.45, 2.75) is 6.92 Å². The Bertz CT molecular complexity index is 466. The molecule has 1 atom stereocenters. The van der Waals surface area contributed by atoms with Crippen LogP contribution in [0.2, 0.25) is 0 Å². The van der Waals surface area contributed by atoms with Gasteiger partial charge in [-0.3, -0.25) is 9.59 Å². The Morgan fingerprint density at radius 2 is 1.89 bits per heavy atom. The van der Waals surface area contributed by atoms with Crippen molar-refractivity contribution in [3.05, 3.63) is 35.6 Å². The molecule has 0 aliphatic carbocycles. The van der Waals surface area contributed by atoms with Gasteiger partial charge in [-0.05, 0) is 24.3 Å². The second kappa shape index (κ2) is 4.76. The molecule has 1 aliphatic rings. The Morgan fingerprint density at radius 1 is 1.33 bits per heavy atom. The Kier molecular flexibility index (Phi) is 3.32. The van der Waals surface area contributed by atoms with Gasteiger partial charge in [-0.2, -0.15) is 0 Å². The van der Waals surface area contributed by atoms with Crippen molar-refractivity contribution in [1.29, 1.82) is 0 Å². The van der Waals surface area contributed by atoms with Gasteiger partial charge in [0, 0.05) is 24.6 Å². The SMILES string of the molecule is CC(C(=O)O)C1CN(C(=O)c2ccc(F)cc2)C1. The van der Waals surface area contributed by atoms with Crippen LogP contribution < -0.4 is 0 Å². The molecule has 1 heterocycles. The molecule has 1 saturated heterocycles. The van der Waals surface area contributed by atoms with Crippen molar-refractivity contribution in [3.63, 3.8) is 0 Å². The number of rotatable bonds is 3. The standard InChI is InChI=1S/C13H14FNO3/c1-8(13(17)18)10-6-15(7-10)12(16)9-2-4-11(14)5-3-9/h2-5,8,10H,6-7H2,1H3,(H,17,18). The van der Waals surface area contributed by atoms with Crippen LogP contribution in [0.3, 0.4) is 0 Å². The molecule has 18 heavy (non-hydrogen) atoms. The van der Waals surface area contributed by atoms with Crippen LogP contribution >= 0.6 is 0 Å². The number of amides is 1. The molecule has 1 unspecified atom stereocenters. The summed E-state index contributed by atoms with van der Waals surface area (Å²) in [6.45, 7) is 2.54. The average Bonchev–Trinajstić information content (AvgIpc) is 2.27. The number of likely N-dealkylation sites (tertiary alicyclic amines) is 1. The molecule has 1 aliphatic heterocycles. The summed E-state index contributed by atoms with van der Waals surface area (Å²) in [5, 5.41) is 8.84. The normalized spacial score (nSPS) is 17.1. The molecule has 0 saturated carbocycles. The molecule has 96 valence electrons. The highest BCUT2D eigenvalue weighted by molar-refractivity contribution is 5.94. The van der Waals surface area contributed by atoms with Gasteiger partial charge in [0.1, 0.15) is 5.82 Å². The third-order valence-corrected chi connectivity index (χ3v) is 3.38. The van der Waals surface area contributed by atoms with Crippen molar-refractivity contribution in [2.75, 3.05) is 13.1 Å². The van der Waals surface area contributed by atoms with Gasteiger partial charge in [-0.15, -0.1) is 0 Å². The monoisotopic (exact) mass is 251 g/mol. The summed E-state index contributed by atoms with van der Waals surface area (Å²) in [6.07, 6.45) is 0. The zero-order valence-corrected chi connectivity index (χ0v) is 9.97. The summed E-state index contributed by atoms with van der Waals surface area (Å²) < 4.78 is 12.7. The second-order valence-corrected chi connectivity index (χ2v) is 4.60. The first-order valence-electron chi connectivity index (χ1n) is 5.76. The molecule has 0 radical (unpaired) electrons. The highest BCUT2D eigenvalue weighted by Crippen LogP contribution is 2.25. The van der Waals surface area contributed by atoms with Crippen LogP contribution in [-0.4, -0.2) is 35.0 Å². The van der Waals surface area contributed by atoms with Crippen LogP contribution in [0, 0.1) is 17.7 Å². The van der Waals surface area contributed by atoms with E-state index in [-0.39, 0.29) is 17.6 Å². The van der Waals surface area contributed by atoms with Gasteiger partial charge in [0.15, 0.2) is 0 Å². The minimum absolute atomic E-state index is 0.00639. The van der Waals surface area contributed by atoms with Crippen LogP contribution in [0.1, 0.15) is 17.3 Å². The zero-order chi connectivity index (χ0) is 13.3. The average molecular weight is 251 g/mol. The van der Waals surface area contributed by atoms with E-state index >= 15 is 0 Å². The fourth-order valence-electron chi connectivity index (χ4n) is 1.97. The molecular weight excluding hydrogens is 237 g/mol. The van der Waals surface area contributed by atoms with E-state index in [1.807, 2.05) is 0 Å². The van der Waals surface area contributed by atoms with Crippen molar-refractivity contribution >= 4 is 11.9 Å². The molecule has 1 N–H and O–H groups in total. The van der Waals surface area contributed by atoms with Crippen LogP contribution in [0.15, 0.2) is 24.3 Å². The van der Waals surface area contributed by atoms with Crippen LogP contribution in [-0.2, 0) is 4.79 Å². The van der Waals surface area contributed by atoms with Crippen LogP contribution in [0.4, 0.5) is 4.39 Å². The number of aliphatic carboxylic acids is 1. The van der Waals surface area contributed by atoms with Crippen molar-refractivity contribution < 1.29 is 19.1 Å². The number of benzene rings is 1. The lowest BCUT2D eigenvalue weighted by atomic mass is 9.86. The van der Waals surface area contributed by atoms with Crippen molar-refractivity contribution in [3.8, 4) is 0 Å². The quantitative estimate of drug-likeness (QED) is 0.888. The van der Waals surface area contributed by atoms with Crippen LogP contribution in [0.5, 0.6) is 0 Å². The smallest absolute Gasteiger partial charge is 0.306 e. The minimum atomic E-state index is -0.839. The number of hydrogen-bond donors (Lipinski definition) is 1. The van der Waals surface area contributed by atoms with Crippen molar-refractivity contribution in [2.24, 2.45) is 11.8 Å². The lowest BCUT2D eigenvalue weighted by molar-refractivity contribution is -0.144. The number of nitrogens with zero attached hydrogens (tertiary/aromatic N) is 1. The highest BCUT2D eigenvalue weighted by atomic mass is 19.1. The molecule has 1 amide bonds. The summed E-state index contributed by atoms with van der Waals surface area (Å²) in [7, 11) is 0. The molecular formula is C13H14FNO3. The summed E-state index contributed by atoms with van der Waals surface area (Å²) in [4.78, 5) is 24.3. The first-order valence-corrected chi connectivity index (χ1v) is 5.76. The molecule has 4 nitrogen and oxygen atoms in total. The minimum Gasteiger partial charge on any atom is -0.481 e. The highest BCUT2D eigenvalue weighted by Gasteiger charge is 2.37. The summed E-state index contributed by atoms with van der Waals surface area (Å²) >= 11 is 0. The maximum Gasteiger partial charge on any atom is 0.306 e. The van der Waals surface area contributed by atoms with E-state index in [0.29, 0.717) is 18.7 Å². The van der Waals surface area contributed by atoms with Gasteiger partial charge >= 0.3 is 5.97 Å². The molecule has 2 rings (SSSR count). The van der Waals surface area contributed by atoms with E-state index < -0.39 is 11.9 Å². The van der Waals surface area contributed by atoms with E-state index in [0.717, 1.165) is 0 Å². The van der Waals surface area contributed by atoms with Gasteiger partial charge in [-0.25, -0.2) is 4.39 Å². The summed E-state index contributed by atoms with van der Waals surface area (Å²) in [5.41, 5.74) is 0.429. The Morgan fingerprint density at radius 3 is 2.39 bits per heavy atom. The number of carbonyl (C=O) groups excluding carboxylic acids is 1. The van der Waals surface area contributed by atoms with E-state index in [2.05, 4.69) is 0 Å². The van der Waals surface area contributed by atoms with E-state index in [4.69, 9.17) is 5.11 Å². The molecule has 1 aromatic carbocycles. The first-order chi connectivity index (χ1) is 8.49. The molecule has 0 bridgehead atoms. The van der Waals surface area contributed by atoms with E-state index in [9.17, 15) is 14.0 Å². The van der Waals surface area contributed by atoms with Gasteiger partial charge < -0.3 is 10.0 Å². The second-order valence-electron chi connectivity index (χ2n) is 4.60. The molecule has 5 heteroatoms. The third-order valence-electron chi connectivity index (χ3n) is 3.38.